The van der Waals surface area contributed by atoms with Gasteiger partial charge < -0.3 is 5.32 Å². The second-order valence-electron chi connectivity index (χ2n) is 6.44. The number of piperidine rings is 1. The van der Waals surface area contributed by atoms with Gasteiger partial charge in [0.15, 0.2) is 0 Å². The van der Waals surface area contributed by atoms with E-state index < -0.39 is 0 Å². The summed E-state index contributed by atoms with van der Waals surface area (Å²) < 4.78 is 0. The van der Waals surface area contributed by atoms with E-state index in [2.05, 4.69) is 32.7 Å². The molecule has 25 heavy (non-hydrogen) atoms. The van der Waals surface area contributed by atoms with Crippen LogP contribution in [0.2, 0.25) is 0 Å². The van der Waals surface area contributed by atoms with Crippen LogP contribution in [-0.4, -0.2) is 34.6 Å². The van der Waals surface area contributed by atoms with Crippen LogP contribution in [0.4, 0.5) is 5.69 Å². The fourth-order valence-corrected chi connectivity index (χ4v) is 4.48. The first-order chi connectivity index (χ1) is 12.2. The summed E-state index contributed by atoms with van der Waals surface area (Å²) in [4.78, 5) is 19.1. The van der Waals surface area contributed by atoms with Crippen molar-refractivity contribution in [3.63, 3.8) is 0 Å². The second kappa shape index (κ2) is 9.36. The van der Waals surface area contributed by atoms with Crippen LogP contribution in [0.3, 0.4) is 0 Å². The first kappa shape index (κ1) is 18.4. The minimum Gasteiger partial charge on any atom is -0.325 e. The van der Waals surface area contributed by atoms with E-state index in [1.165, 1.54) is 37.9 Å². The molecule has 4 nitrogen and oxygen atoms in total. The van der Waals surface area contributed by atoms with Gasteiger partial charge in [0.05, 0.1) is 16.5 Å². The number of hydrogen-bond acceptors (Lipinski definition) is 5. The molecule has 134 valence electrons. The number of rotatable bonds is 7. The number of thiazole rings is 1. The molecule has 1 amide bonds. The Morgan fingerprint density at radius 2 is 2.16 bits per heavy atom. The highest BCUT2D eigenvalue weighted by Crippen LogP contribution is 2.18. The Balaban J connectivity index is 1.45. The molecule has 6 heteroatoms. The molecule has 1 aromatic carbocycles. The number of amides is 1. The van der Waals surface area contributed by atoms with Gasteiger partial charge in [-0.15, -0.1) is 23.1 Å². The van der Waals surface area contributed by atoms with Crippen LogP contribution in [0.1, 0.15) is 35.5 Å². The van der Waals surface area contributed by atoms with E-state index in [9.17, 15) is 4.79 Å². The quantitative estimate of drug-likeness (QED) is 0.783. The van der Waals surface area contributed by atoms with Crippen LogP contribution < -0.4 is 5.32 Å². The summed E-state index contributed by atoms with van der Waals surface area (Å²) in [6.07, 6.45) is 3.95. The second-order valence-corrected chi connectivity index (χ2v) is 8.48. The molecule has 1 N–H and O–H groups in total. The number of carbonyl (C=O) groups is 1. The fourth-order valence-electron chi connectivity index (χ4n) is 3.04. The third-order valence-corrected chi connectivity index (χ3v) is 6.00. The van der Waals surface area contributed by atoms with Crippen LogP contribution in [0.15, 0.2) is 29.6 Å². The van der Waals surface area contributed by atoms with E-state index in [1.54, 1.807) is 23.1 Å². The summed E-state index contributed by atoms with van der Waals surface area (Å²) >= 11 is 3.26. The van der Waals surface area contributed by atoms with Gasteiger partial charge in [-0.25, -0.2) is 4.98 Å². The van der Waals surface area contributed by atoms with Crippen LogP contribution in [0.25, 0.3) is 0 Å². The molecule has 1 aliphatic heterocycles. The van der Waals surface area contributed by atoms with Crippen LogP contribution >= 0.6 is 23.1 Å². The topological polar surface area (TPSA) is 45.2 Å². The number of hydrogen-bond donors (Lipinski definition) is 1. The van der Waals surface area contributed by atoms with E-state index in [1.807, 2.05) is 19.1 Å². The van der Waals surface area contributed by atoms with Crippen molar-refractivity contribution in [2.75, 3.05) is 24.2 Å². The minimum atomic E-state index is 0.0482. The first-order valence-corrected chi connectivity index (χ1v) is 10.8. The van der Waals surface area contributed by atoms with Crippen molar-refractivity contribution in [2.45, 2.75) is 38.5 Å². The SMILES string of the molecule is Cc1nc(CSCC(=O)Nc2cccc(CN3CCCCC3)c2)cs1. The van der Waals surface area contributed by atoms with Gasteiger partial charge in [-0.3, -0.25) is 9.69 Å². The summed E-state index contributed by atoms with van der Waals surface area (Å²) in [5, 5.41) is 6.15. The maximum absolute atomic E-state index is 12.1. The van der Waals surface area contributed by atoms with Gasteiger partial charge in [0, 0.05) is 23.4 Å². The average molecular weight is 376 g/mol. The Bertz CT molecular complexity index is 695. The molecule has 0 aliphatic carbocycles. The van der Waals surface area contributed by atoms with Crippen molar-refractivity contribution < 1.29 is 4.79 Å². The number of aromatic nitrogens is 1. The summed E-state index contributed by atoms with van der Waals surface area (Å²) in [5.74, 6) is 1.28. The number of thioether (sulfide) groups is 1. The standard InChI is InChI=1S/C19H25N3OS2/c1-15-20-18(13-25-15)12-24-14-19(23)21-17-7-5-6-16(10-17)11-22-8-3-2-4-9-22/h5-7,10,13H,2-4,8-9,11-12,14H2,1H3,(H,21,23). The van der Waals surface area contributed by atoms with Crippen molar-refractivity contribution in [2.24, 2.45) is 0 Å². The molecule has 0 radical (unpaired) electrons. The van der Waals surface area contributed by atoms with Crippen LogP contribution in [0, 0.1) is 6.92 Å². The zero-order chi connectivity index (χ0) is 17.5. The predicted octanol–water partition coefficient (Wildman–Crippen LogP) is 4.31. The van der Waals surface area contributed by atoms with Gasteiger partial charge in [-0.05, 0) is 50.6 Å². The third kappa shape index (κ3) is 6.13. The van der Waals surface area contributed by atoms with E-state index in [0.717, 1.165) is 28.7 Å². The van der Waals surface area contributed by atoms with Crippen LogP contribution in [-0.2, 0) is 17.1 Å². The largest absolute Gasteiger partial charge is 0.325 e. The lowest BCUT2D eigenvalue weighted by molar-refractivity contribution is -0.113. The van der Waals surface area contributed by atoms with E-state index in [0.29, 0.717) is 5.75 Å². The smallest absolute Gasteiger partial charge is 0.234 e. The molecule has 0 spiro atoms. The Morgan fingerprint density at radius 3 is 2.92 bits per heavy atom. The zero-order valence-corrected chi connectivity index (χ0v) is 16.3. The summed E-state index contributed by atoms with van der Waals surface area (Å²) in [6, 6.07) is 8.23. The molecule has 1 aromatic heterocycles. The Hall–Kier alpha value is -1.37. The molecular formula is C19H25N3OS2. The molecule has 0 unspecified atom stereocenters. The first-order valence-electron chi connectivity index (χ1n) is 8.79. The summed E-state index contributed by atoms with van der Waals surface area (Å²) in [7, 11) is 0. The number of benzene rings is 1. The molecule has 2 aromatic rings. The predicted molar refractivity (Wildman–Crippen MR) is 107 cm³/mol. The number of anilines is 1. The lowest BCUT2D eigenvalue weighted by Crippen LogP contribution is -2.29. The molecule has 1 aliphatic rings. The summed E-state index contributed by atoms with van der Waals surface area (Å²) in [5.41, 5.74) is 3.22. The fraction of sp³-hybridized carbons (Fsp3) is 0.474. The van der Waals surface area contributed by atoms with E-state index >= 15 is 0 Å². The highest BCUT2D eigenvalue weighted by atomic mass is 32.2. The normalized spacial score (nSPS) is 15.2. The lowest BCUT2D eigenvalue weighted by atomic mass is 10.1. The highest BCUT2D eigenvalue weighted by molar-refractivity contribution is 7.99. The lowest BCUT2D eigenvalue weighted by Gasteiger charge is -2.26. The molecule has 0 bridgehead atoms. The molecule has 2 heterocycles. The number of carbonyl (C=O) groups excluding carboxylic acids is 1. The van der Waals surface area contributed by atoms with Gasteiger partial charge in [0.25, 0.3) is 0 Å². The Labute approximate surface area is 158 Å². The minimum absolute atomic E-state index is 0.0482. The average Bonchev–Trinajstić information content (AvgIpc) is 3.01. The maximum atomic E-state index is 12.1. The Kier molecular flexibility index (Phi) is 6.90. The number of nitrogens with one attached hydrogen (secondary N) is 1. The zero-order valence-electron chi connectivity index (χ0n) is 14.7. The molecule has 3 rings (SSSR count). The van der Waals surface area contributed by atoms with Crippen molar-refractivity contribution in [1.82, 2.24) is 9.88 Å². The molecule has 1 saturated heterocycles. The third-order valence-electron chi connectivity index (χ3n) is 4.22. The maximum Gasteiger partial charge on any atom is 0.234 e. The molecule has 0 atom stereocenters. The van der Waals surface area contributed by atoms with Gasteiger partial charge in [0.1, 0.15) is 0 Å². The Morgan fingerprint density at radius 1 is 1.32 bits per heavy atom. The van der Waals surface area contributed by atoms with E-state index in [-0.39, 0.29) is 5.91 Å². The van der Waals surface area contributed by atoms with Gasteiger partial charge in [-0.1, -0.05) is 18.6 Å². The van der Waals surface area contributed by atoms with Gasteiger partial charge >= 0.3 is 0 Å². The summed E-state index contributed by atoms with van der Waals surface area (Å²) in [6.45, 7) is 5.34. The molecular weight excluding hydrogens is 350 g/mol. The van der Waals surface area contributed by atoms with Gasteiger partial charge in [0.2, 0.25) is 5.91 Å². The highest BCUT2D eigenvalue weighted by Gasteiger charge is 2.11. The van der Waals surface area contributed by atoms with Crippen molar-refractivity contribution in [1.29, 1.82) is 0 Å². The number of aryl methyl sites for hydroxylation is 1. The van der Waals surface area contributed by atoms with Gasteiger partial charge in [-0.2, -0.15) is 0 Å². The molecule has 0 saturated carbocycles. The molecule has 1 fully saturated rings. The van der Waals surface area contributed by atoms with Crippen molar-refractivity contribution in [3.05, 3.63) is 45.9 Å². The monoisotopic (exact) mass is 375 g/mol. The number of likely N-dealkylation sites (tertiary alicyclic amines) is 1. The van der Waals surface area contributed by atoms with E-state index in [4.69, 9.17) is 0 Å². The number of nitrogens with zero attached hydrogens (tertiary/aromatic N) is 2. The van der Waals surface area contributed by atoms with Crippen LogP contribution in [0.5, 0.6) is 0 Å². The van der Waals surface area contributed by atoms with Crippen molar-refractivity contribution in [3.8, 4) is 0 Å². The van der Waals surface area contributed by atoms with Crippen molar-refractivity contribution >= 4 is 34.7 Å².